The third-order valence-corrected chi connectivity index (χ3v) is 6.29. The number of carbonyl (C=O) groups is 1. The summed E-state index contributed by atoms with van der Waals surface area (Å²) in [5, 5.41) is 9.74. The van der Waals surface area contributed by atoms with Crippen LogP contribution in [0.25, 0.3) is 11.3 Å². The minimum absolute atomic E-state index is 0.139. The van der Waals surface area contributed by atoms with E-state index in [1.807, 2.05) is 49.0 Å². The minimum Gasteiger partial charge on any atom is -0.455 e. The van der Waals surface area contributed by atoms with Crippen LogP contribution in [-0.2, 0) is 33.0 Å². The van der Waals surface area contributed by atoms with Crippen molar-refractivity contribution in [3.63, 3.8) is 0 Å². The third-order valence-electron chi connectivity index (χ3n) is 6.04. The van der Waals surface area contributed by atoms with Gasteiger partial charge >= 0.3 is 0 Å². The molecule has 0 saturated carbocycles. The standard InChI is InChI=1S/C24H24ClN5O2/c1-15-21-20(32-23(15)24(31)28(2)14-19-10-11-26-29(19)3)9-6-17-13-30(27-22(17)21)12-16-4-7-18(25)8-5-16/h4-5,7-8,10-11,13H,6,9,12,14H2,1-3H3. The molecule has 3 heterocycles. The molecule has 0 atom stereocenters. The van der Waals surface area contributed by atoms with Crippen LogP contribution >= 0.6 is 11.6 Å². The highest BCUT2D eigenvalue weighted by atomic mass is 35.5. The van der Waals surface area contributed by atoms with Gasteiger partial charge in [0.15, 0.2) is 5.76 Å². The molecule has 0 radical (unpaired) electrons. The molecule has 0 bridgehead atoms. The Balaban J connectivity index is 1.42. The van der Waals surface area contributed by atoms with Crippen molar-refractivity contribution in [1.29, 1.82) is 0 Å². The van der Waals surface area contributed by atoms with E-state index in [1.165, 1.54) is 5.56 Å². The van der Waals surface area contributed by atoms with Gasteiger partial charge in [-0.2, -0.15) is 10.2 Å². The molecule has 7 nitrogen and oxygen atoms in total. The van der Waals surface area contributed by atoms with Crippen LogP contribution in [0.2, 0.25) is 5.02 Å². The van der Waals surface area contributed by atoms with Gasteiger partial charge in [-0.25, -0.2) is 0 Å². The molecular weight excluding hydrogens is 426 g/mol. The second-order valence-corrected chi connectivity index (χ2v) is 8.73. The van der Waals surface area contributed by atoms with E-state index in [1.54, 1.807) is 22.8 Å². The number of carbonyl (C=O) groups excluding carboxylic acids is 1. The maximum Gasteiger partial charge on any atom is 0.289 e. The molecule has 3 aromatic heterocycles. The Bertz CT molecular complexity index is 1300. The molecule has 1 amide bonds. The Hall–Kier alpha value is -3.32. The van der Waals surface area contributed by atoms with Crippen LogP contribution in [0.15, 0.2) is 47.1 Å². The van der Waals surface area contributed by atoms with Crippen LogP contribution in [0.1, 0.15) is 38.7 Å². The highest BCUT2D eigenvalue weighted by Crippen LogP contribution is 2.38. The lowest BCUT2D eigenvalue weighted by atomic mass is 9.93. The molecule has 8 heteroatoms. The molecule has 164 valence electrons. The Morgan fingerprint density at radius 3 is 2.72 bits per heavy atom. The Morgan fingerprint density at radius 1 is 1.22 bits per heavy atom. The van der Waals surface area contributed by atoms with Crippen molar-refractivity contribution in [2.24, 2.45) is 7.05 Å². The summed E-state index contributed by atoms with van der Waals surface area (Å²) < 4.78 is 9.81. The highest BCUT2D eigenvalue weighted by Gasteiger charge is 2.31. The van der Waals surface area contributed by atoms with E-state index in [9.17, 15) is 4.79 Å². The molecule has 0 fully saturated rings. The van der Waals surface area contributed by atoms with E-state index in [-0.39, 0.29) is 5.91 Å². The molecule has 0 N–H and O–H groups in total. The summed E-state index contributed by atoms with van der Waals surface area (Å²) in [5.74, 6) is 1.09. The van der Waals surface area contributed by atoms with Gasteiger partial charge in [0.1, 0.15) is 5.76 Å². The van der Waals surface area contributed by atoms with Gasteiger partial charge in [-0.3, -0.25) is 14.2 Å². The van der Waals surface area contributed by atoms with Crippen LogP contribution in [0.3, 0.4) is 0 Å². The van der Waals surface area contributed by atoms with Gasteiger partial charge in [-0.1, -0.05) is 23.7 Å². The van der Waals surface area contributed by atoms with Gasteiger partial charge in [-0.15, -0.1) is 0 Å². The summed E-state index contributed by atoms with van der Waals surface area (Å²) in [6.45, 7) is 3.07. The van der Waals surface area contributed by atoms with Crippen LogP contribution in [0, 0.1) is 6.92 Å². The van der Waals surface area contributed by atoms with E-state index in [2.05, 4.69) is 11.3 Å². The number of aryl methyl sites for hydroxylation is 3. The molecule has 1 aliphatic carbocycles. The number of nitrogens with zero attached hydrogens (tertiary/aromatic N) is 5. The van der Waals surface area contributed by atoms with Crippen LogP contribution in [0.5, 0.6) is 0 Å². The topological polar surface area (TPSA) is 69.1 Å². The van der Waals surface area contributed by atoms with Crippen molar-refractivity contribution < 1.29 is 9.21 Å². The molecule has 0 saturated heterocycles. The number of rotatable bonds is 5. The predicted molar refractivity (Wildman–Crippen MR) is 122 cm³/mol. The fraction of sp³-hybridized carbons (Fsp3) is 0.292. The summed E-state index contributed by atoms with van der Waals surface area (Å²) in [4.78, 5) is 14.8. The zero-order valence-corrected chi connectivity index (χ0v) is 19.1. The lowest BCUT2D eigenvalue weighted by Gasteiger charge is -2.16. The molecule has 1 aromatic carbocycles. The summed E-state index contributed by atoms with van der Waals surface area (Å²) in [6, 6.07) is 9.69. The molecule has 0 aliphatic heterocycles. The quantitative estimate of drug-likeness (QED) is 0.456. The second-order valence-electron chi connectivity index (χ2n) is 8.29. The normalized spacial score (nSPS) is 12.5. The van der Waals surface area contributed by atoms with Crippen molar-refractivity contribution in [2.75, 3.05) is 7.05 Å². The number of fused-ring (bicyclic) bond motifs is 3. The molecule has 0 spiro atoms. The first-order valence-corrected chi connectivity index (χ1v) is 10.9. The predicted octanol–water partition coefficient (Wildman–Crippen LogP) is 4.26. The number of amides is 1. The van der Waals surface area contributed by atoms with Gasteiger partial charge in [0.25, 0.3) is 5.91 Å². The highest BCUT2D eigenvalue weighted by molar-refractivity contribution is 6.30. The van der Waals surface area contributed by atoms with Crippen molar-refractivity contribution in [2.45, 2.75) is 32.9 Å². The summed E-state index contributed by atoms with van der Waals surface area (Å²) in [5.41, 5.74) is 5.98. The van der Waals surface area contributed by atoms with Crippen LogP contribution < -0.4 is 0 Å². The summed E-state index contributed by atoms with van der Waals surface area (Å²) in [7, 11) is 3.65. The largest absolute Gasteiger partial charge is 0.455 e. The number of hydrogen-bond donors (Lipinski definition) is 0. The molecule has 4 aromatic rings. The van der Waals surface area contributed by atoms with Gasteiger partial charge < -0.3 is 9.32 Å². The smallest absolute Gasteiger partial charge is 0.289 e. The van der Waals surface area contributed by atoms with Gasteiger partial charge in [0, 0.05) is 49.1 Å². The second kappa shape index (κ2) is 7.98. The maximum absolute atomic E-state index is 13.2. The van der Waals surface area contributed by atoms with Crippen molar-refractivity contribution >= 4 is 17.5 Å². The SMILES string of the molecule is Cc1c(C(=O)N(C)Cc2ccnn2C)oc2c1-c1nn(Cc3ccc(Cl)cc3)cc1CC2. The van der Waals surface area contributed by atoms with Gasteiger partial charge in [0.05, 0.1) is 24.5 Å². The molecule has 1 aliphatic rings. The average Bonchev–Trinajstić information content (AvgIpc) is 3.46. The number of furan rings is 1. The van der Waals surface area contributed by atoms with E-state index < -0.39 is 0 Å². The third kappa shape index (κ3) is 3.62. The molecule has 5 rings (SSSR count). The Labute approximate surface area is 191 Å². The molecular formula is C24H24ClN5O2. The van der Waals surface area contributed by atoms with E-state index in [0.717, 1.165) is 51.7 Å². The average molecular weight is 450 g/mol. The fourth-order valence-electron chi connectivity index (χ4n) is 4.27. The lowest BCUT2D eigenvalue weighted by Crippen LogP contribution is -2.27. The van der Waals surface area contributed by atoms with Crippen LogP contribution in [-0.4, -0.2) is 37.4 Å². The first-order chi connectivity index (χ1) is 15.4. The van der Waals surface area contributed by atoms with Crippen molar-refractivity contribution in [1.82, 2.24) is 24.5 Å². The molecule has 32 heavy (non-hydrogen) atoms. The van der Waals surface area contributed by atoms with Gasteiger partial charge in [-0.05, 0) is 42.7 Å². The van der Waals surface area contributed by atoms with Gasteiger partial charge in [0.2, 0.25) is 0 Å². The van der Waals surface area contributed by atoms with Crippen molar-refractivity contribution in [3.05, 3.63) is 81.7 Å². The number of hydrogen-bond acceptors (Lipinski definition) is 4. The van der Waals surface area contributed by atoms with E-state index in [0.29, 0.717) is 18.8 Å². The van der Waals surface area contributed by atoms with E-state index in [4.69, 9.17) is 21.1 Å². The maximum atomic E-state index is 13.2. The monoisotopic (exact) mass is 449 g/mol. The van der Waals surface area contributed by atoms with Crippen LogP contribution in [0.4, 0.5) is 0 Å². The van der Waals surface area contributed by atoms with E-state index >= 15 is 0 Å². The summed E-state index contributed by atoms with van der Waals surface area (Å²) in [6.07, 6.45) is 5.42. The number of halogens is 1. The van der Waals surface area contributed by atoms with Crippen molar-refractivity contribution in [3.8, 4) is 11.3 Å². The first-order valence-electron chi connectivity index (χ1n) is 10.6. The Morgan fingerprint density at radius 2 is 2.00 bits per heavy atom. The first kappa shape index (κ1) is 20.6. The zero-order valence-electron chi connectivity index (χ0n) is 18.3. The Kier molecular flexibility index (Phi) is 5.13. The zero-order chi connectivity index (χ0) is 22.4. The number of benzene rings is 1. The summed E-state index contributed by atoms with van der Waals surface area (Å²) >= 11 is 6.00. The molecule has 0 unspecified atom stereocenters. The lowest BCUT2D eigenvalue weighted by molar-refractivity contribution is 0.0747. The fourth-order valence-corrected chi connectivity index (χ4v) is 4.40. The number of aromatic nitrogens is 4. The minimum atomic E-state index is -0.139.